The fourth-order valence-electron chi connectivity index (χ4n) is 10.5. The van der Waals surface area contributed by atoms with Crippen LogP contribution >= 0.6 is 15.6 Å². The van der Waals surface area contributed by atoms with E-state index in [9.17, 15) is 43.2 Å². The summed E-state index contributed by atoms with van der Waals surface area (Å²) in [6.45, 7) is 4.83. The number of esters is 4. The molecule has 5 atom stereocenters. The maximum absolute atomic E-state index is 13.0. The lowest BCUT2D eigenvalue weighted by molar-refractivity contribution is -0.161. The van der Waals surface area contributed by atoms with Gasteiger partial charge in [0.1, 0.15) is 19.3 Å². The molecule has 0 radical (unpaired) electrons. The Labute approximate surface area is 537 Å². The lowest BCUT2D eigenvalue weighted by Crippen LogP contribution is -2.30. The molecule has 0 amide bonds. The number of hydrogen-bond donors (Lipinski definition) is 3. The summed E-state index contributed by atoms with van der Waals surface area (Å²) in [4.78, 5) is 72.1. The van der Waals surface area contributed by atoms with Crippen molar-refractivity contribution in [3.8, 4) is 0 Å². The molecule has 88 heavy (non-hydrogen) atoms. The van der Waals surface area contributed by atoms with E-state index in [1.54, 1.807) is 0 Å². The van der Waals surface area contributed by atoms with Crippen LogP contribution in [0.5, 0.6) is 0 Å². The first kappa shape index (κ1) is 86.1. The number of aliphatic hydroxyl groups excluding tert-OH is 1. The summed E-state index contributed by atoms with van der Waals surface area (Å²) in [6.07, 6.45) is 51.8. The molecule has 0 aromatic rings. The van der Waals surface area contributed by atoms with E-state index in [1.165, 1.54) is 186 Å². The minimum Gasteiger partial charge on any atom is -0.462 e. The van der Waals surface area contributed by atoms with Gasteiger partial charge < -0.3 is 33.8 Å². The number of phosphoric ester groups is 2. The van der Waals surface area contributed by atoms with Crippen LogP contribution in [0.2, 0.25) is 0 Å². The Balaban J connectivity index is 5.09. The third kappa shape index (κ3) is 62.8. The van der Waals surface area contributed by atoms with Gasteiger partial charge in [-0.3, -0.25) is 37.3 Å². The summed E-state index contributed by atoms with van der Waals surface area (Å²) in [7, 11) is -9.88. The summed E-state index contributed by atoms with van der Waals surface area (Å²) >= 11 is 0. The van der Waals surface area contributed by atoms with E-state index in [2.05, 4.69) is 27.7 Å². The maximum atomic E-state index is 13.0. The van der Waals surface area contributed by atoms with Crippen LogP contribution in [-0.2, 0) is 65.4 Å². The normalized spacial score (nSPS) is 14.0. The van der Waals surface area contributed by atoms with Gasteiger partial charge in [0, 0.05) is 25.7 Å². The van der Waals surface area contributed by atoms with Gasteiger partial charge in [0.05, 0.1) is 26.4 Å². The van der Waals surface area contributed by atoms with Gasteiger partial charge in [-0.15, -0.1) is 0 Å². The molecular weight excluding hydrogens is 1160 g/mol. The van der Waals surface area contributed by atoms with Crippen LogP contribution in [0.3, 0.4) is 0 Å². The van der Waals surface area contributed by atoms with Gasteiger partial charge >= 0.3 is 39.5 Å². The average molecular weight is 1300 g/mol. The fourth-order valence-corrected chi connectivity index (χ4v) is 12.1. The van der Waals surface area contributed by atoms with E-state index in [4.69, 9.17) is 37.0 Å². The SMILES string of the molecule is CCCCCCCCCCCCCCCCCCCCCCCC(=O)O[C@H](COC(=O)CCCCCCCCCCCCCC)COP(=O)(O)OC[C@@H](O)COP(=O)(O)OC[C@@H](COC(=O)CCCCCCC)OC(=O)CCCCCCCCCCCC. The predicted octanol–water partition coefficient (Wildman–Crippen LogP) is 19.9. The molecule has 0 aromatic heterocycles. The third-order valence-electron chi connectivity index (χ3n) is 16.1. The molecule has 0 heterocycles. The van der Waals surface area contributed by atoms with E-state index in [0.29, 0.717) is 25.7 Å². The number of rotatable bonds is 70. The van der Waals surface area contributed by atoms with Crippen molar-refractivity contribution in [2.24, 2.45) is 0 Å². The van der Waals surface area contributed by atoms with Crippen molar-refractivity contribution >= 4 is 39.5 Å². The van der Waals surface area contributed by atoms with Gasteiger partial charge in [0.15, 0.2) is 12.2 Å². The second kappa shape index (κ2) is 63.8. The lowest BCUT2D eigenvalue weighted by atomic mass is 10.0. The van der Waals surface area contributed by atoms with Crippen LogP contribution in [0, 0.1) is 0 Å². The molecule has 0 aliphatic rings. The van der Waals surface area contributed by atoms with Crippen LogP contribution in [-0.4, -0.2) is 96.7 Å². The van der Waals surface area contributed by atoms with Crippen molar-refractivity contribution in [2.45, 2.75) is 380 Å². The second-order valence-corrected chi connectivity index (χ2v) is 27.8. The van der Waals surface area contributed by atoms with Gasteiger partial charge in [0.2, 0.25) is 0 Å². The standard InChI is InChI=1S/C69H134O17P2/c1-5-9-13-17-20-23-26-28-29-30-31-32-33-34-35-36-38-41-44-48-52-56-69(74)86-65(60-80-67(72)54-50-46-42-40-37-27-24-21-18-14-10-6-2)62-84-88(77,78)82-58-63(70)57-81-87(75,76)83-61-64(59-79-66(71)53-49-45-16-12-8-4)85-68(73)55-51-47-43-39-25-22-19-15-11-7-3/h63-65,70H,5-62H2,1-4H3,(H,75,76)(H,77,78)/t63-,64+,65+/m0/s1. The number of carbonyl (C=O) groups excluding carboxylic acids is 4. The first-order chi connectivity index (χ1) is 42.7. The second-order valence-electron chi connectivity index (χ2n) is 24.9. The first-order valence-corrected chi connectivity index (χ1v) is 39.3. The number of hydrogen-bond acceptors (Lipinski definition) is 15. The molecule has 0 fully saturated rings. The van der Waals surface area contributed by atoms with Gasteiger partial charge in [0.25, 0.3) is 0 Å². The molecule has 0 spiro atoms. The molecule has 0 aliphatic carbocycles. The van der Waals surface area contributed by atoms with E-state index < -0.39 is 97.5 Å². The highest BCUT2D eigenvalue weighted by Gasteiger charge is 2.30. The highest BCUT2D eigenvalue weighted by Crippen LogP contribution is 2.45. The monoisotopic (exact) mass is 1300 g/mol. The zero-order valence-corrected chi connectivity index (χ0v) is 58.5. The van der Waals surface area contributed by atoms with E-state index in [1.807, 2.05) is 0 Å². The number of unbranched alkanes of at least 4 members (excludes halogenated alkanes) is 44. The molecule has 522 valence electrons. The molecule has 0 aliphatic heterocycles. The van der Waals surface area contributed by atoms with Crippen molar-refractivity contribution in [2.75, 3.05) is 39.6 Å². The van der Waals surface area contributed by atoms with Crippen LogP contribution in [0.25, 0.3) is 0 Å². The number of ether oxygens (including phenoxy) is 4. The summed E-state index contributed by atoms with van der Waals surface area (Å²) in [6, 6.07) is 0. The van der Waals surface area contributed by atoms with E-state index in [0.717, 1.165) is 96.3 Å². The fraction of sp³-hybridized carbons (Fsp3) is 0.942. The van der Waals surface area contributed by atoms with E-state index >= 15 is 0 Å². The van der Waals surface area contributed by atoms with Gasteiger partial charge in [-0.1, -0.05) is 310 Å². The minimum absolute atomic E-state index is 0.106. The van der Waals surface area contributed by atoms with Crippen molar-refractivity contribution in [3.63, 3.8) is 0 Å². The Bertz CT molecular complexity index is 1690. The molecule has 2 unspecified atom stereocenters. The molecule has 0 saturated carbocycles. The summed E-state index contributed by atoms with van der Waals surface area (Å²) in [5.41, 5.74) is 0. The number of phosphoric acid groups is 2. The summed E-state index contributed by atoms with van der Waals surface area (Å²) in [5.74, 6) is -2.14. The van der Waals surface area contributed by atoms with Crippen LogP contribution < -0.4 is 0 Å². The van der Waals surface area contributed by atoms with Crippen LogP contribution in [0.1, 0.15) is 362 Å². The van der Waals surface area contributed by atoms with Crippen molar-refractivity contribution in [1.29, 1.82) is 0 Å². The Morgan fingerprint density at radius 3 is 0.670 bits per heavy atom. The molecule has 19 heteroatoms. The third-order valence-corrected chi connectivity index (χ3v) is 18.0. The van der Waals surface area contributed by atoms with Gasteiger partial charge in [-0.25, -0.2) is 9.13 Å². The zero-order valence-electron chi connectivity index (χ0n) is 56.7. The smallest absolute Gasteiger partial charge is 0.462 e. The van der Waals surface area contributed by atoms with Crippen molar-refractivity contribution in [3.05, 3.63) is 0 Å². The zero-order chi connectivity index (χ0) is 64.7. The van der Waals surface area contributed by atoms with Crippen molar-refractivity contribution in [1.82, 2.24) is 0 Å². The molecule has 0 saturated heterocycles. The molecule has 0 aromatic carbocycles. The van der Waals surface area contributed by atoms with Crippen LogP contribution in [0.15, 0.2) is 0 Å². The Morgan fingerprint density at radius 2 is 0.455 bits per heavy atom. The van der Waals surface area contributed by atoms with Gasteiger partial charge in [-0.2, -0.15) is 0 Å². The Kier molecular flexibility index (Phi) is 62.4. The maximum Gasteiger partial charge on any atom is 0.472 e. The van der Waals surface area contributed by atoms with Crippen molar-refractivity contribution < 1.29 is 80.2 Å². The first-order valence-electron chi connectivity index (χ1n) is 36.3. The van der Waals surface area contributed by atoms with Crippen LogP contribution in [0.4, 0.5) is 0 Å². The Hall–Kier alpha value is -1.94. The predicted molar refractivity (Wildman–Crippen MR) is 354 cm³/mol. The Morgan fingerprint density at radius 1 is 0.273 bits per heavy atom. The minimum atomic E-state index is -4.95. The molecule has 3 N–H and O–H groups in total. The number of aliphatic hydroxyl groups is 1. The topological polar surface area (TPSA) is 237 Å². The summed E-state index contributed by atoms with van der Waals surface area (Å²) in [5, 5.41) is 10.5. The average Bonchev–Trinajstić information content (AvgIpc) is 3.56. The highest BCUT2D eigenvalue weighted by atomic mass is 31.2. The molecular formula is C69H134O17P2. The quantitative estimate of drug-likeness (QED) is 0.0222. The largest absolute Gasteiger partial charge is 0.472 e. The van der Waals surface area contributed by atoms with Gasteiger partial charge in [-0.05, 0) is 25.7 Å². The van der Waals surface area contributed by atoms with E-state index in [-0.39, 0.29) is 25.7 Å². The lowest BCUT2D eigenvalue weighted by Gasteiger charge is -2.21. The molecule has 0 rings (SSSR count). The number of carbonyl (C=O) groups is 4. The summed E-state index contributed by atoms with van der Waals surface area (Å²) < 4.78 is 68.0. The molecule has 0 bridgehead atoms. The molecule has 17 nitrogen and oxygen atoms in total. The highest BCUT2D eigenvalue weighted by molar-refractivity contribution is 7.47.